The highest BCUT2D eigenvalue weighted by Crippen LogP contribution is 2.30. The van der Waals surface area contributed by atoms with Crippen LogP contribution in [-0.4, -0.2) is 55.6 Å². The van der Waals surface area contributed by atoms with Crippen LogP contribution in [0.2, 0.25) is 10.0 Å². The first-order chi connectivity index (χ1) is 15.7. The Balaban J connectivity index is 0.000000152. The van der Waals surface area contributed by atoms with E-state index in [1.807, 2.05) is 24.3 Å². The molecule has 2 aliphatic rings. The number of halogens is 3. The summed E-state index contributed by atoms with van der Waals surface area (Å²) in [5.74, 6) is 1.48. The van der Waals surface area contributed by atoms with E-state index >= 15 is 0 Å². The van der Waals surface area contributed by atoms with E-state index < -0.39 is 0 Å². The van der Waals surface area contributed by atoms with Crippen LogP contribution in [0.15, 0.2) is 34.3 Å². The average molecular weight is 544 g/mol. The molecule has 0 bridgehead atoms. The molecule has 6 rings (SSSR count). The Morgan fingerprint density at radius 2 is 1.15 bits per heavy atom. The molecule has 0 atom stereocenters. The molecule has 0 fully saturated rings. The lowest BCUT2D eigenvalue weighted by atomic mass is 10.2. The van der Waals surface area contributed by atoms with Gasteiger partial charge < -0.3 is 21.3 Å². The number of anilines is 2. The molecule has 172 valence electrons. The van der Waals surface area contributed by atoms with Crippen molar-refractivity contribution in [2.24, 2.45) is 9.98 Å². The maximum atomic E-state index is 6.13. The third-order valence-corrected chi connectivity index (χ3v) is 6.30. The Kier molecular flexibility index (Phi) is 7.60. The summed E-state index contributed by atoms with van der Waals surface area (Å²) < 4.78 is 16.8. The van der Waals surface area contributed by atoms with Gasteiger partial charge in [0.25, 0.3) is 0 Å². The molecule has 4 aromatic rings. The van der Waals surface area contributed by atoms with Crippen LogP contribution in [0.4, 0.5) is 11.4 Å². The van der Waals surface area contributed by atoms with Gasteiger partial charge >= 0.3 is 0 Å². The molecule has 0 spiro atoms. The monoisotopic (exact) mass is 542 g/mol. The summed E-state index contributed by atoms with van der Waals surface area (Å²) in [4.78, 5) is 8.51. The van der Waals surface area contributed by atoms with Crippen molar-refractivity contribution in [3.05, 3.63) is 34.3 Å². The van der Waals surface area contributed by atoms with Crippen LogP contribution in [0.1, 0.15) is 0 Å². The second-order valence-corrected chi connectivity index (χ2v) is 8.54. The summed E-state index contributed by atoms with van der Waals surface area (Å²) in [6.45, 7) is 3.27. The van der Waals surface area contributed by atoms with Crippen LogP contribution in [0, 0.1) is 0 Å². The van der Waals surface area contributed by atoms with E-state index in [1.54, 1.807) is 0 Å². The maximum absolute atomic E-state index is 6.13. The summed E-state index contributed by atoms with van der Waals surface area (Å²) in [5, 5.41) is 13.8. The van der Waals surface area contributed by atoms with Crippen LogP contribution in [0.25, 0.3) is 22.1 Å². The predicted molar refractivity (Wildman–Crippen MR) is 140 cm³/mol. The number of rotatable bonds is 2. The predicted octanol–water partition coefficient (Wildman–Crippen LogP) is 3.85. The summed E-state index contributed by atoms with van der Waals surface area (Å²) in [5.41, 5.74) is 4.79. The topological polar surface area (TPSA) is 124 Å². The fourth-order valence-electron chi connectivity index (χ4n) is 3.09. The third kappa shape index (κ3) is 5.20. The van der Waals surface area contributed by atoms with Gasteiger partial charge in [-0.1, -0.05) is 23.2 Å². The molecule has 0 unspecified atom stereocenters. The number of aromatic nitrogens is 4. The van der Waals surface area contributed by atoms with Crippen molar-refractivity contribution in [2.45, 2.75) is 0 Å². The van der Waals surface area contributed by atoms with E-state index in [0.717, 1.165) is 71.5 Å². The van der Waals surface area contributed by atoms with Gasteiger partial charge in [0.2, 0.25) is 0 Å². The molecule has 15 heteroatoms. The van der Waals surface area contributed by atoms with E-state index in [0.29, 0.717) is 10.0 Å². The Hall–Kier alpha value is -2.51. The summed E-state index contributed by atoms with van der Waals surface area (Å²) in [7, 11) is 0. The molecule has 0 amide bonds. The normalized spacial score (nSPS) is 14.5. The highest BCUT2D eigenvalue weighted by atomic mass is 35.5. The highest BCUT2D eigenvalue weighted by molar-refractivity contribution is 7.00. The van der Waals surface area contributed by atoms with Crippen LogP contribution >= 0.6 is 59.1 Å². The molecule has 4 N–H and O–H groups in total. The molecular formula is C18H17Cl3N10S2. The Morgan fingerprint density at radius 1 is 0.697 bits per heavy atom. The van der Waals surface area contributed by atoms with Gasteiger partial charge in [-0.2, -0.15) is 17.5 Å². The fraction of sp³-hybridized carbons (Fsp3) is 0.222. The van der Waals surface area contributed by atoms with Gasteiger partial charge in [-0.15, -0.1) is 12.4 Å². The smallest absolute Gasteiger partial charge is 0.196 e. The van der Waals surface area contributed by atoms with Gasteiger partial charge in [-0.25, -0.2) is 0 Å². The minimum Gasteiger partial charge on any atom is -0.354 e. The number of hydrogen-bond acceptors (Lipinski definition) is 12. The third-order valence-electron chi connectivity index (χ3n) is 4.59. The number of nitrogens with zero attached hydrogens (tertiary/aromatic N) is 6. The zero-order valence-electron chi connectivity index (χ0n) is 16.8. The summed E-state index contributed by atoms with van der Waals surface area (Å²) >= 11 is 14.6. The quantitative estimate of drug-likeness (QED) is 0.300. The molecule has 0 saturated carbocycles. The largest absolute Gasteiger partial charge is 0.354 e. The number of benzene rings is 2. The van der Waals surface area contributed by atoms with Crippen LogP contribution in [-0.2, 0) is 0 Å². The van der Waals surface area contributed by atoms with Crippen molar-refractivity contribution in [2.75, 3.05) is 36.8 Å². The average Bonchev–Trinajstić information content (AvgIpc) is 3.60. The Morgan fingerprint density at radius 3 is 1.55 bits per heavy atom. The van der Waals surface area contributed by atoms with Crippen molar-refractivity contribution < 1.29 is 0 Å². The van der Waals surface area contributed by atoms with Gasteiger partial charge in [0.15, 0.2) is 11.9 Å². The number of nitrogens with one attached hydrogen (secondary N) is 4. The van der Waals surface area contributed by atoms with Crippen molar-refractivity contribution in [3.8, 4) is 0 Å². The lowest BCUT2D eigenvalue weighted by molar-refractivity contribution is 0.959. The second kappa shape index (κ2) is 10.6. The van der Waals surface area contributed by atoms with E-state index in [1.165, 1.54) is 23.5 Å². The zero-order valence-corrected chi connectivity index (χ0v) is 20.8. The molecule has 0 aliphatic carbocycles. The zero-order chi connectivity index (χ0) is 21.9. The molecule has 0 radical (unpaired) electrons. The second-order valence-electron chi connectivity index (χ2n) is 6.67. The molecular weight excluding hydrogens is 527 g/mol. The van der Waals surface area contributed by atoms with E-state index in [-0.39, 0.29) is 12.4 Å². The first-order valence-corrected chi connectivity index (χ1v) is 11.8. The number of aliphatic imine (C=N–C) groups is 2. The molecule has 2 aliphatic heterocycles. The number of hydrogen-bond donors (Lipinski definition) is 4. The van der Waals surface area contributed by atoms with Crippen LogP contribution in [0.5, 0.6) is 0 Å². The van der Waals surface area contributed by atoms with E-state index in [4.69, 9.17) is 23.2 Å². The van der Waals surface area contributed by atoms with Gasteiger partial charge in [0.05, 0.1) is 58.0 Å². The molecule has 2 aromatic heterocycles. The first-order valence-electron chi connectivity index (χ1n) is 9.61. The van der Waals surface area contributed by atoms with Crippen molar-refractivity contribution in [1.29, 1.82) is 0 Å². The van der Waals surface area contributed by atoms with Crippen LogP contribution < -0.4 is 21.3 Å². The van der Waals surface area contributed by atoms with Crippen LogP contribution in [0.3, 0.4) is 0 Å². The molecule has 4 heterocycles. The molecule has 2 aromatic carbocycles. The van der Waals surface area contributed by atoms with E-state index in [9.17, 15) is 0 Å². The van der Waals surface area contributed by atoms with Crippen molar-refractivity contribution >= 4 is 104 Å². The standard InChI is InChI=1S/2C9H8ClN5S.ClH/c2*10-5-1-2-6-8(15-16-14-6)7(5)13-9-11-3-4-12-9;/h2*1-2H,3-4H2,(H2,11,12,13);1H. The SMILES string of the molecule is Cl.Clc1ccc2nsnc2c1NC1=NCCN1.Clc1ccc2nsnc2c1NC1=NCCN1. The highest BCUT2D eigenvalue weighted by Gasteiger charge is 2.14. The molecule has 10 nitrogen and oxygen atoms in total. The number of fused-ring (bicyclic) bond motifs is 2. The summed E-state index contributed by atoms with van der Waals surface area (Å²) in [6.07, 6.45) is 0. The van der Waals surface area contributed by atoms with Gasteiger partial charge in [0.1, 0.15) is 22.1 Å². The lowest BCUT2D eigenvalue weighted by Crippen LogP contribution is -2.26. The first kappa shape index (κ1) is 23.6. The van der Waals surface area contributed by atoms with Gasteiger partial charge in [0, 0.05) is 13.1 Å². The lowest BCUT2D eigenvalue weighted by Gasteiger charge is -2.08. The Labute approximate surface area is 213 Å². The minimum atomic E-state index is 0. The van der Waals surface area contributed by atoms with Crippen molar-refractivity contribution in [1.82, 2.24) is 28.1 Å². The summed E-state index contributed by atoms with van der Waals surface area (Å²) in [6, 6.07) is 7.33. The maximum Gasteiger partial charge on any atom is 0.196 e. The fourth-order valence-corrected chi connectivity index (χ4v) is 4.58. The van der Waals surface area contributed by atoms with Crippen molar-refractivity contribution in [3.63, 3.8) is 0 Å². The Bertz CT molecular complexity index is 1230. The molecule has 0 saturated heterocycles. The minimum absolute atomic E-state index is 0. The van der Waals surface area contributed by atoms with E-state index in [2.05, 4.69) is 48.7 Å². The number of guanidine groups is 2. The molecule has 33 heavy (non-hydrogen) atoms. The van der Waals surface area contributed by atoms with Gasteiger partial charge in [-0.3, -0.25) is 9.98 Å². The van der Waals surface area contributed by atoms with Gasteiger partial charge in [-0.05, 0) is 24.3 Å².